The predicted octanol–water partition coefficient (Wildman–Crippen LogP) is 1.33. The van der Waals surface area contributed by atoms with Crippen LogP contribution in [-0.4, -0.2) is 34.7 Å². The highest BCUT2D eigenvalue weighted by Crippen LogP contribution is 2.33. The van der Waals surface area contributed by atoms with Crippen LogP contribution in [0.15, 0.2) is 11.4 Å². The lowest BCUT2D eigenvalue weighted by molar-refractivity contribution is -0.126. The SMILES string of the molecule is CCc1ccsc1C(=O)N(C1CC1)[C@@H]1CC(=O)NC1=O. The summed E-state index contributed by atoms with van der Waals surface area (Å²) in [6.45, 7) is 2.01. The molecule has 20 heavy (non-hydrogen) atoms. The second-order valence-electron chi connectivity index (χ2n) is 5.20. The lowest BCUT2D eigenvalue weighted by Gasteiger charge is -2.26. The van der Waals surface area contributed by atoms with Crippen LogP contribution in [-0.2, 0) is 16.0 Å². The van der Waals surface area contributed by atoms with Crippen molar-refractivity contribution in [2.45, 2.75) is 44.7 Å². The molecule has 1 aromatic heterocycles. The van der Waals surface area contributed by atoms with Crippen molar-refractivity contribution in [2.24, 2.45) is 0 Å². The van der Waals surface area contributed by atoms with Gasteiger partial charge in [-0.15, -0.1) is 11.3 Å². The van der Waals surface area contributed by atoms with E-state index in [9.17, 15) is 14.4 Å². The van der Waals surface area contributed by atoms with Crippen molar-refractivity contribution in [3.05, 3.63) is 21.9 Å². The topological polar surface area (TPSA) is 66.5 Å². The monoisotopic (exact) mass is 292 g/mol. The van der Waals surface area contributed by atoms with Crippen molar-refractivity contribution in [3.8, 4) is 0 Å². The van der Waals surface area contributed by atoms with Crippen LogP contribution in [0.5, 0.6) is 0 Å². The summed E-state index contributed by atoms with van der Waals surface area (Å²) in [4.78, 5) is 38.3. The van der Waals surface area contributed by atoms with Crippen LogP contribution in [0.25, 0.3) is 0 Å². The van der Waals surface area contributed by atoms with Gasteiger partial charge in [0.2, 0.25) is 11.8 Å². The Morgan fingerprint density at radius 1 is 1.45 bits per heavy atom. The van der Waals surface area contributed by atoms with Gasteiger partial charge in [-0.1, -0.05) is 6.92 Å². The van der Waals surface area contributed by atoms with E-state index >= 15 is 0 Å². The van der Waals surface area contributed by atoms with Crippen molar-refractivity contribution in [1.82, 2.24) is 10.2 Å². The number of nitrogens with zero attached hydrogens (tertiary/aromatic N) is 1. The van der Waals surface area contributed by atoms with Gasteiger partial charge in [-0.2, -0.15) is 0 Å². The molecule has 3 rings (SSSR count). The number of carbonyl (C=O) groups excluding carboxylic acids is 3. The molecule has 1 aliphatic carbocycles. The average molecular weight is 292 g/mol. The van der Waals surface area contributed by atoms with Crippen molar-refractivity contribution in [1.29, 1.82) is 0 Å². The van der Waals surface area contributed by atoms with Gasteiger partial charge in [-0.3, -0.25) is 19.7 Å². The first-order chi connectivity index (χ1) is 9.61. The van der Waals surface area contributed by atoms with Crippen LogP contribution in [0.1, 0.15) is 41.4 Å². The lowest BCUT2D eigenvalue weighted by atomic mass is 10.1. The molecule has 0 spiro atoms. The highest BCUT2D eigenvalue weighted by atomic mass is 32.1. The Bertz CT molecular complexity index is 577. The molecule has 0 unspecified atom stereocenters. The Morgan fingerprint density at radius 2 is 2.20 bits per heavy atom. The van der Waals surface area contributed by atoms with Gasteiger partial charge >= 0.3 is 0 Å². The first-order valence-corrected chi connectivity index (χ1v) is 7.72. The van der Waals surface area contributed by atoms with E-state index in [1.807, 2.05) is 18.4 Å². The number of amides is 3. The number of carbonyl (C=O) groups is 3. The van der Waals surface area contributed by atoms with Gasteiger partial charge in [0, 0.05) is 6.04 Å². The maximum Gasteiger partial charge on any atom is 0.265 e. The van der Waals surface area contributed by atoms with Gasteiger partial charge in [0.1, 0.15) is 6.04 Å². The molecule has 6 heteroatoms. The maximum atomic E-state index is 12.8. The van der Waals surface area contributed by atoms with Gasteiger partial charge in [-0.25, -0.2) is 0 Å². The first-order valence-electron chi connectivity index (χ1n) is 6.84. The second-order valence-corrected chi connectivity index (χ2v) is 6.12. The molecule has 1 saturated carbocycles. The summed E-state index contributed by atoms with van der Waals surface area (Å²) in [5.74, 6) is -0.737. The van der Waals surface area contributed by atoms with Gasteiger partial charge in [0.15, 0.2) is 0 Å². The molecule has 5 nitrogen and oxygen atoms in total. The summed E-state index contributed by atoms with van der Waals surface area (Å²) in [5.41, 5.74) is 1.01. The summed E-state index contributed by atoms with van der Waals surface area (Å²) in [6, 6.07) is 1.42. The smallest absolute Gasteiger partial charge is 0.265 e. The van der Waals surface area contributed by atoms with Crippen LogP contribution in [0.4, 0.5) is 0 Å². The normalized spacial score (nSPS) is 21.9. The largest absolute Gasteiger partial charge is 0.322 e. The van der Waals surface area contributed by atoms with Crippen LogP contribution in [0.2, 0.25) is 0 Å². The third kappa shape index (κ3) is 2.24. The van der Waals surface area contributed by atoms with E-state index in [4.69, 9.17) is 0 Å². The van der Waals surface area contributed by atoms with Crippen LogP contribution in [0.3, 0.4) is 0 Å². The number of hydrogen-bond acceptors (Lipinski definition) is 4. The fourth-order valence-electron chi connectivity index (χ4n) is 2.60. The minimum absolute atomic E-state index is 0.0912. The van der Waals surface area contributed by atoms with Crippen LogP contribution in [0, 0.1) is 0 Å². The number of thiophene rings is 1. The molecule has 2 aliphatic rings. The summed E-state index contributed by atoms with van der Waals surface area (Å²) in [5, 5.41) is 4.19. The number of hydrogen-bond donors (Lipinski definition) is 1. The second kappa shape index (κ2) is 5.01. The highest BCUT2D eigenvalue weighted by Gasteiger charge is 2.45. The third-order valence-electron chi connectivity index (χ3n) is 3.78. The number of imide groups is 1. The van der Waals surface area contributed by atoms with E-state index in [-0.39, 0.29) is 30.2 Å². The maximum absolute atomic E-state index is 12.8. The fourth-order valence-corrected chi connectivity index (χ4v) is 3.54. The standard InChI is InChI=1S/C14H16N2O3S/c1-2-8-5-6-20-12(8)14(19)16(9-3-4-9)10-7-11(17)15-13(10)18/h5-6,9-10H,2-4,7H2,1H3,(H,15,17,18)/t10-/m1/s1. The van der Waals surface area contributed by atoms with E-state index in [0.29, 0.717) is 4.88 Å². The molecule has 1 saturated heterocycles. The van der Waals surface area contributed by atoms with Crippen molar-refractivity contribution >= 4 is 29.1 Å². The van der Waals surface area contributed by atoms with E-state index in [1.54, 1.807) is 4.90 Å². The molecule has 1 aliphatic heterocycles. The summed E-state index contributed by atoms with van der Waals surface area (Å²) in [6.07, 6.45) is 2.71. The molecule has 0 bridgehead atoms. The van der Waals surface area contributed by atoms with Crippen LogP contribution >= 0.6 is 11.3 Å². The molecule has 2 heterocycles. The zero-order valence-electron chi connectivity index (χ0n) is 11.2. The Hall–Kier alpha value is -1.69. The zero-order valence-corrected chi connectivity index (χ0v) is 12.0. The molecule has 0 aromatic carbocycles. The van der Waals surface area contributed by atoms with Gasteiger partial charge in [0.25, 0.3) is 5.91 Å². The van der Waals surface area contributed by atoms with E-state index in [1.165, 1.54) is 11.3 Å². The minimum Gasteiger partial charge on any atom is -0.322 e. The molecule has 3 amide bonds. The van der Waals surface area contributed by atoms with Crippen LogP contribution < -0.4 is 5.32 Å². The highest BCUT2D eigenvalue weighted by molar-refractivity contribution is 7.12. The minimum atomic E-state index is -0.630. The Kier molecular flexibility index (Phi) is 3.33. The fraction of sp³-hybridized carbons (Fsp3) is 0.500. The molecule has 2 fully saturated rings. The van der Waals surface area contributed by atoms with Crippen molar-refractivity contribution < 1.29 is 14.4 Å². The van der Waals surface area contributed by atoms with E-state index in [0.717, 1.165) is 24.8 Å². The predicted molar refractivity (Wildman–Crippen MR) is 74.4 cm³/mol. The first kappa shape index (κ1) is 13.3. The van der Waals surface area contributed by atoms with E-state index < -0.39 is 6.04 Å². The number of nitrogens with one attached hydrogen (secondary N) is 1. The molecule has 1 aromatic rings. The molecule has 1 atom stereocenters. The number of aryl methyl sites for hydroxylation is 1. The zero-order chi connectivity index (χ0) is 14.3. The van der Waals surface area contributed by atoms with Gasteiger partial charge in [0.05, 0.1) is 11.3 Å². The lowest BCUT2D eigenvalue weighted by Crippen LogP contribution is -2.45. The number of rotatable bonds is 4. The molecule has 106 valence electrons. The summed E-state index contributed by atoms with van der Waals surface area (Å²) >= 11 is 1.41. The third-order valence-corrected chi connectivity index (χ3v) is 4.72. The molecular weight excluding hydrogens is 276 g/mol. The Labute approximate surface area is 121 Å². The van der Waals surface area contributed by atoms with Gasteiger partial charge < -0.3 is 4.90 Å². The molecular formula is C14H16N2O3S. The summed E-state index contributed by atoms with van der Waals surface area (Å²) in [7, 11) is 0. The Balaban J connectivity index is 1.89. The summed E-state index contributed by atoms with van der Waals surface area (Å²) < 4.78 is 0. The van der Waals surface area contributed by atoms with Crippen molar-refractivity contribution in [2.75, 3.05) is 0 Å². The van der Waals surface area contributed by atoms with E-state index in [2.05, 4.69) is 5.32 Å². The molecule has 0 radical (unpaired) electrons. The Morgan fingerprint density at radius 3 is 2.75 bits per heavy atom. The van der Waals surface area contributed by atoms with Gasteiger partial charge in [-0.05, 0) is 36.3 Å². The average Bonchev–Trinajstić information content (AvgIpc) is 3.02. The molecule has 1 N–H and O–H groups in total. The van der Waals surface area contributed by atoms with Crippen molar-refractivity contribution in [3.63, 3.8) is 0 Å². The quantitative estimate of drug-likeness (QED) is 0.851.